The van der Waals surface area contributed by atoms with Gasteiger partial charge >= 0.3 is 0 Å². The van der Waals surface area contributed by atoms with Crippen LogP contribution in [0.15, 0.2) is 36.7 Å². The molecule has 1 aliphatic rings. The zero-order valence-corrected chi connectivity index (χ0v) is 4.99. The Balaban J connectivity index is 0.000000640. The van der Waals surface area contributed by atoms with E-state index in [1.165, 1.54) is 5.01 Å². The van der Waals surface area contributed by atoms with Crippen molar-refractivity contribution < 1.29 is 5.48 Å². The zero-order chi connectivity index (χ0) is 5.82. The van der Waals surface area contributed by atoms with E-state index in [0.29, 0.717) is 0 Å². The number of hydrogen-bond acceptors (Lipinski definition) is 2. The molecule has 9 heavy (non-hydrogen) atoms. The average molecular weight is 126 g/mol. The van der Waals surface area contributed by atoms with Crippen LogP contribution in [0, 0.1) is 0 Å². The minimum Gasteiger partial charge on any atom is -0.412 e. The van der Waals surface area contributed by atoms with Crippen molar-refractivity contribution in [3.8, 4) is 0 Å². The molecule has 3 heteroatoms. The molecule has 0 bridgehead atoms. The molecule has 1 heterocycles. The molecule has 0 spiro atoms. The lowest BCUT2D eigenvalue weighted by Gasteiger charge is -2.02. The molecule has 3 nitrogen and oxygen atoms in total. The van der Waals surface area contributed by atoms with Crippen LogP contribution >= 0.6 is 0 Å². The molecule has 50 valence electrons. The Morgan fingerprint density at radius 1 is 0.889 bits per heavy atom. The largest absolute Gasteiger partial charge is 0.412 e. The van der Waals surface area contributed by atoms with Crippen LogP contribution in [0.1, 0.15) is 0 Å². The summed E-state index contributed by atoms with van der Waals surface area (Å²) in [5.41, 5.74) is 0. The fourth-order valence-electron chi connectivity index (χ4n) is 0.476. The minimum absolute atomic E-state index is 0. The summed E-state index contributed by atoms with van der Waals surface area (Å²) in [4.78, 5) is 0. The molecule has 0 saturated heterocycles. The summed E-state index contributed by atoms with van der Waals surface area (Å²) < 4.78 is 0. The lowest BCUT2D eigenvalue weighted by atomic mass is 10.5. The van der Waals surface area contributed by atoms with Crippen LogP contribution in [0.4, 0.5) is 0 Å². The quantitative estimate of drug-likeness (QED) is 0.462. The first kappa shape index (κ1) is 7.94. The van der Waals surface area contributed by atoms with Crippen LogP contribution in [-0.4, -0.2) is 10.5 Å². The predicted octanol–water partition coefficient (Wildman–Crippen LogP) is -0.0654. The van der Waals surface area contributed by atoms with Gasteiger partial charge in [-0.05, 0) is 12.2 Å². The first-order valence-corrected chi connectivity index (χ1v) is 2.44. The number of nitrogens with zero attached hydrogens (tertiary/aromatic N) is 1. The molecular formula is C6H10N2O. The van der Waals surface area contributed by atoms with Crippen LogP contribution in [-0.2, 0) is 0 Å². The molecule has 0 fully saturated rings. The molecule has 0 atom stereocenters. The molecule has 1 rings (SSSR count). The van der Waals surface area contributed by atoms with Gasteiger partial charge < -0.3 is 5.48 Å². The van der Waals surface area contributed by atoms with Gasteiger partial charge in [0.25, 0.3) is 0 Å². The maximum atomic E-state index is 5.35. The van der Waals surface area contributed by atoms with E-state index in [0.717, 1.165) is 0 Å². The van der Waals surface area contributed by atoms with E-state index in [1.54, 1.807) is 12.4 Å². The summed E-state index contributed by atoms with van der Waals surface area (Å²) in [6.07, 6.45) is 11.1. The van der Waals surface area contributed by atoms with Gasteiger partial charge in [0.1, 0.15) is 0 Å². The Morgan fingerprint density at radius 2 is 1.33 bits per heavy atom. The molecule has 0 aromatic carbocycles. The summed E-state index contributed by atoms with van der Waals surface area (Å²) in [6, 6.07) is 0. The first-order valence-electron chi connectivity index (χ1n) is 2.44. The molecular weight excluding hydrogens is 116 g/mol. The monoisotopic (exact) mass is 126 g/mol. The van der Waals surface area contributed by atoms with Crippen LogP contribution in [0.25, 0.3) is 0 Å². The van der Waals surface area contributed by atoms with Crippen LogP contribution in [0.5, 0.6) is 0 Å². The normalized spacial score (nSPS) is 15.0. The van der Waals surface area contributed by atoms with Gasteiger partial charge in [0, 0.05) is 12.4 Å². The van der Waals surface area contributed by atoms with Gasteiger partial charge in [0.2, 0.25) is 0 Å². The van der Waals surface area contributed by atoms with Crippen molar-refractivity contribution in [2.75, 3.05) is 0 Å². The lowest BCUT2D eigenvalue weighted by molar-refractivity contribution is 0.541. The summed E-state index contributed by atoms with van der Waals surface area (Å²) in [5, 5.41) is 1.50. The number of rotatable bonds is 0. The Labute approximate surface area is 54.0 Å². The number of hydrazine groups is 1. The van der Waals surface area contributed by atoms with Gasteiger partial charge in [-0.1, -0.05) is 12.2 Å². The smallest absolute Gasteiger partial charge is 0.0206 e. The lowest BCUT2D eigenvalue weighted by Crippen LogP contribution is -2.16. The third kappa shape index (κ3) is 2.69. The molecule has 0 radical (unpaired) electrons. The fraction of sp³-hybridized carbons (Fsp3) is 0. The minimum atomic E-state index is 0. The highest BCUT2D eigenvalue weighted by Crippen LogP contribution is 1.89. The van der Waals surface area contributed by atoms with Crippen LogP contribution in [0.2, 0.25) is 0 Å². The third-order valence-corrected chi connectivity index (χ3v) is 0.850. The van der Waals surface area contributed by atoms with Crippen LogP contribution < -0.4 is 5.84 Å². The molecule has 0 amide bonds. The number of nitrogens with two attached hydrogens (primary N) is 1. The topological polar surface area (TPSA) is 60.8 Å². The highest BCUT2D eigenvalue weighted by atomic mass is 16.0. The van der Waals surface area contributed by atoms with Crippen molar-refractivity contribution in [2.24, 2.45) is 5.84 Å². The Bertz CT molecular complexity index is 133. The van der Waals surface area contributed by atoms with Gasteiger partial charge in [0.15, 0.2) is 0 Å². The summed E-state index contributed by atoms with van der Waals surface area (Å²) in [7, 11) is 0. The van der Waals surface area contributed by atoms with Gasteiger partial charge in [-0.3, -0.25) is 5.01 Å². The molecule has 0 saturated carbocycles. The SMILES string of the molecule is NN1C=CC=CC=C1.O. The number of allylic oxidation sites excluding steroid dienone is 4. The highest BCUT2D eigenvalue weighted by Gasteiger charge is 1.80. The molecule has 1 aliphatic heterocycles. The first-order chi connectivity index (χ1) is 3.89. The van der Waals surface area contributed by atoms with Crippen molar-refractivity contribution >= 4 is 0 Å². The van der Waals surface area contributed by atoms with Gasteiger partial charge in [-0.2, -0.15) is 0 Å². The fourth-order valence-corrected chi connectivity index (χ4v) is 0.476. The third-order valence-electron chi connectivity index (χ3n) is 0.850. The van der Waals surface area contributed by atoms with Gasteiger partial charge in [0.05, 0.1) is 0 Å². The van der Waals surface area contributed by atoms with E-state index >= 15 is 0 Å². The molecule has 4 N–H and O–H groups in total. The van der Waals surface area contributed by atoms with Crippen molar-refractivity contribution in [3.05, 3.63) is 36.7 Å². The highest BCUT2D eigenvalue weighted by molar-refractivity contribution is 5.14. The summed E-state index contributed by atoms with van der Waals surface area (Å²) >= 11 is 0. The molecule has 0 aromatic heterocycles. The maximum absolute atomic E-state index is 5.35. The van der Waals surface area contributed by atoms with E-state index in [-0.39, 0.29) is 5.48 Å². The van der Waals surface area contributed by atoms with Crippen molar-refractivity contribution in [1.29, 1.82) is 0 Å². The summed E-state index contributed by atoms with van der Waals surface area (Å²) in [6.45, 7) is 0. The second-order valence-electron chi connectivity index (χ2n) is 1.52. The number of hydrogen-bond donors (Lipinski definition) is 1. The van der Waals surface area contributed by atoms with E-state index in [1.807, 2.05) is 24.3 Å². The van der Waals surface area contributed by atoms with Crippen molar-refractivity contribution in [2.45, 2.75) is 0 Å². The second kappa shape index (κ2) is 3.88. The van der Waals surface area contributed by atoms with E-state index in [4.69, 9.17) is 5.84 Å². The van der Waals surface area contributed by atoms with E-state index in [9.17, 15) is 0 Å². The van der Waals surface area contributed by atoms with Crippen LogP contribution in [0.3, 0.4) is 0 Å². The second-order valence-corrected chi connectivity index (χ2v) is 1.52. The predicted molar refractivity (Wildman–Crippen MR) is 37.1 cm³/mol. The van der Waals surface area contributed by atoms with Crippen molar-refractivity contribution in [1.82, 2.24) is 5.01 Å². The molecule has 0 aromatic rings. The zero-order valence-electron chi connectivity index (χ0n) is 4.99. The van der Waals surface area contributed by atoms with Crippen molar-refractivity contribution in [3.63, 3.8) is 0 Å². The average Bonchev–Trinajstić information content (AvgIpc) is 1.94. The molecule has 0 aliphatic carbocycles. The Morgan fingerprint density at radius 3 is 1.78 bits per heavy atom. The molecule has 0 unspecified atom stereocenters. The van der Waals surface area contributed by atoms with E-state index in [2.05, 4.69) is 0 Å². The van der Waals surface area contributed by atoms with Gasteiger partial charge in [-0.15, -0.1) is 0 Å². The maximum Gasteiger partial charge on any atom is 0.0206 e. The standard InChI is InChI=1S/C6H8N2.H2O/c7-8-5-3-1-2-4-6-8;/h1-6H,7H2;1H2. The Hall–Kier alpha value is -1.06. The summed E-state index contributed by atoms with van der Waals surface area (Å²) in [5.74, 6) is 5.35. The Kier molecular flexibility index (Phi) is 3.43. The van der Waals surface area contributed by atoms with Gasteiger partial charge in [-0.25, -0.2) is 5.84 Å². The van der Waals surface area contributed by atoms with E-state index < -0.39 is 0 Å².